The van der Waals surface area contributed by atoms with Gasteiger partial charge in [-0.3, -0.25) is 14.9 Å². The molecule has 1 aliphatic heterocycles. The highest BCUT2D eigenvalue weighted by molar-refractivity contribution is 5.94. The monoisotopic (exact) mass is 461 g/mol. The molecule has 176 valence electrons. The number of nitrogens with one attached hydrogen (secondary N) is 2. The highest BCUT2D eigenvalue weighted by atomic mass is 16.5. The van der Waals surface area contributed by atoms with Crippen molar-refractivity contribution in [3.63, 3.8) is 0 Å². The van der Waals surface area contributed by atoms with Crippen LogP contribution in [0.15, 0.2) is 48.7 Å². The van der Waals surface area contributed by atoms with Crippen LogP contribution in [-0.4, -0.2) is 57.9 Å². The molecule has 0 radical (unpaired) electrons. The van der Waals surface area contributed by atoms with E-state index in [0.717, 1.165) is 22.2 Å². The summed E-state index contributed by atoms with van der Waals surface area (Å²) < 4.78 is 4.93. The lowest BCUT2D eigenvalue weighted by Crippen LogP contribution is -2.42. The molecule has 0 spiro atoms. The number of carbonyl (C=O) groups excluding carboxylic acids is 3. The fraction of sp³-hybridized carbons (Fsp3) is 0.280. The zero-order valence-electron chi connectivity index (χ0n) is 19.4. The second-order valence-corrected chi connectivity index (χ2v) is 8.14. The SMILES string of the molecule is CCOC(=O)CN1Cc2cc(C=CC(=O)N(C)C(C)c3cc4ccccc4[nH]3)cnc2NC1=O. The number of H-pyrrole nitrogens is 1. The standard InChI is InChI=1S/C25H27N5O4/c1-4-34-23(32)15-30-14-19-11-17(13-26-24(19)28-25(30)33)9-10-22(31)29(3)16(2)21-12-18-7-5-6-8-20(18)27-21/h5-13,16,27H,4,14-15H2,1-3H3,(H,26,28,33). The van der Waals surface area contributed by atoms with Crippen molar-refractivity contribution in [1.82, 2.24) is 19.8 Å². The summed E-state index contributed by atoms with van der Waals surface area (Å²) >= 11 is 0. The first kappa shape index (κ1) is 23.0. The van der Waals surface area contributed by atoms with E-state index in [-0.39, 0.29) is 31.6 Å². The largest absolute Gasteiger partial charge is 0.465 e. The maximum Gasteiger partial charge on any atom is 0.325 e. The molecule has 9 nitrogen and oxygen atoms in total. The number of aromatic nitrogens is 2. The maximum absolute atomic E-state index is 12.8. The number of rotatable bonds is 7. The van der Waals surface area contributed by atoms with Crippen LogP contribution in [0.5, 0.6) is 0 Å². The molecule has 1 unspecified atom stereocenters. The van der Waals surface area contributed by atoms with Crippen molar-refractivity contribution in [2.24, 2.45) is 0 Å². The van der Waals surface area contributed by atoms with Crippen LogP contribution in [0, 0.1) is 0 Å². The maximum atomic E-state index is 12.8. The van der Waals surface area contributed by atoms with Gasteiger partial charge in [-0.1, -0.05) is 18.2 Å². The number of anilines is 1. The fourth-order valence-corrected chi connectivity index (χ4v) is 3.81. The van der Waals surface area contributed by atoms with Gasteiger partial charge in [0.05, 0.1) is 19.2 Å². The quantitative estimate of drug-likeness (QED) is 0.412. The van der Waals surface area contributed by atoms with Crippen LogP contribution in [0.3, 0.4) is 0 Å². The molecule has 0 saturated carbocycles. The number of aromatic amines is 1. The number of ether oxygens (including phenoxy) is 1. The van der Waals surface area contributed by atoms with E-state index in [1.165, 1.54) is 11.0 Å². The van der Waals surface area contributed by atoms with Crippen molar-refractivity contribution in [3.8, 4) is 0 Å². The number of urea groups is 1. The number of amides is 3. The molecule has 1 aromatic carbocycles. The van der Waals surface area contributed by atoms with Gasteiger partial charge in [0.25, 0.3) is 0 Å². The zero-order chi connectivity index (χ0) is 24.2. The van der Waals surface area contributed by atoms with Crippen molar-refractivity contribution >= 4 is 40.7 Å². The van der Waals surface area contributed by atoms with E-state index in [2.05, 4.69) is 21.4 Å². The number of para-hydroxylation sites is 1. The van der Waals surface area contributed by atoms with Crippen LogP contribution in [0.1, 0.15) is 36.7 Å². The normalized spacial score (nSPS) is 14.1. The third kappa shape index (κ3) is 4.93. The average molecular weight is 462 g/mol. The fourth-order valence-electron chi connectivity index (χ4n) is 3.81. The van der Waals surface area contributed by atoms with Gasteiger partial charge in [-0.2, -0.15) is 0 Å². The van der Waals surface area contributed by atoms with E-state index in [9.17, 15) is 14.4 Å². The van der Waals surface area contributed by atoms with Crippen LogP contribution in [0.4, 0.5) is 10.6 Å². The van der Waals surface area contributed by atoms with Gasteiger partial charge in [-0.15, -0.1) is 0 Å². The average Bonchev–Trinajstić information content (AvgIpc) is 3.26. The molecule has 1 atom stereocenters. The molecule has 2 N–H and O–H groups in total. The van der Waals surface area contributed by atoms with Crippen LogP contribution in [-0.2, 0) is 20.9 Å². The van der Waals surface area contributed by atoms with E-state index in [4.69, 9.17) is 4.74 Å². The Morgan fingerprint density at radius 1 is 1.29 bits per heavy atom. The number of pyridine rings is 1. The number of carbonyl (C=O) groups is 3. The van der Waals surface area contributed by atoms with E-state index >= 15 is 0 Å². The minimum absolute atomic E-state index is 0.141. The van der Waals surface area contributed by atoms with Gasteiger partial charge in [-0.25, -0.2) is 9.78 Å². The second-order valence-electron chi connectivity index (χ2n) is 8.14. The van der Waals surface area contributed by atoms with Crippen molar-refractivity contribution in [1.29, 1.82) is 0 Å². The van der Waals surface area contributed by atoms with Crippen LogP contribution in [0.2, 0.25) is 0 Å². The van der Waals surface area contributed by atoms with Crippen LogP contribution >= 0.6 is 0 Å². The minimum Gasteiger partial charge on any atom is -0.465 e. The highest BCUT2D eigenvalue weighted by Gasteiger charge is 2.26. The molecule has 2 aromatic heterocycles. The highest BCUT2D eigenvalue weighted by Crippen LogP contribution is 2.25. The molecule has 34 heavy (non-hydrogen) atoms. The Balaban J connectivity index is 1.43. The Bertz CT molecular complexity index is 1230. The Labute approximate surface area is 197 Å². The first-order chi connectivity index (χ1) is 16.4. The van der Waals surface area contributed by atoms with Crippen LogP contribution in [0.25, 0.3) is 17.0 Å². The smallest absolute Gasteiger partial charge is 0.325 e. The third-order valence-electron chi connectivity index (χ3n) is 5.83. The number of nitrogens with zero attached hydrogens (tertiary/aromatic N) is 3. The van der Waals surface area contributed by atoms with Crippen molar-refractivity contribution in [3.05, 3.63) is 65.5 Å². The summed E-state index contributed by atoms with van der Waals surface area (Å²) in [6, 6.07) is 11.3. The number of fused-ring (bicyclic) bond motifs is 2. The van der Waals surface area contributed by atoms with Gasteiger partial charge >= 0.3 is 12.0 Å². The summed E-state index contributed by atoms with van der Waals surface area (Å²) in [6.45, 7) is 4.01. The van der Waals surface area contributed by atoms with E-state index in [1.54, 1.807) is 31.1 Å². The lowest BCUT2D eigenvalue weighted by Gasteiger charge is -2.28. The molecular formula is C25H27N5O4. The molecule has 3 amide bonds. The number of hydrogen-bond donors (Lipinski definition) is 2. The molecule has 3 aromatic rings. The topological polar surface area (TPSA) is 108 Å². The molecule has 1 aliphatic rings. The van der Waals surface area contributed by atoms with Crippen LogP contribution < -0.4 is 5.32 Å². The Morgan fingerprint density at radius 2 is 2.09 bits per heavy atom. The van der Waals surface area contributed by atoms with Gasteiger partial charge in [-0.05, 0) is 49.1 Å². The van der Waals surface area contributed by atoms with Gasteiger partial charge in [0, 0.05) is 36.1 Å². The Kier molecular flexibility index (Phi) is 6.62. The first-order valence-corrected chi connectivity index (χ1v) is 11.1. The summed E-state index contributed by atoms with van der Waals surface area (Å²) in [5, 5.41) is 3.78. The predicted molar refractivity (Wildman–Crippen MR) is 129 cm³/mol. The summed E-state index contributed by atoms with van der Waals surface area (Å²) in [5.74, 6) is -0.179. The van der Waals surface area contributed by atoms with Gasteiger partial charge < -0.3 is 19.5 Å². The molecule has 0 aliphatic carbocycles. The van der Waals surface area contributed by atoms with Gasteiger partial charge in [0.1, 0.15) is 12.4 Å². The molecular weight excluding hydrogens is 434 g/mol. The van der Waals surface area contributed by atoms with E-state index in [1.807, 2.05) is 37.3 Å². The number of hydrogen-bond acceptors (Lipinski definition) is 5. The van der Waals surface area contributed by atoms with Gasteiger partial charge in [0.2, 0.25) is 5.91 Å². The number of likely N-dealkylation sites (N-methyl/N-ethyl adjacent to an activating group) is 1. The molecule has 4 rings (SSSR count). The van der Waals surface area contributed by atoms with Crippen molar-refractivity contribution in [2.45, 2.75) is 26.4 Å². The predicted octanol–water partition coefficient (Wildman–Crippen LogP) is 3.71. The summed E-state index contributed by atoms with van der Waals surface area (Å²) in [4.78, 5) is 47.5. The third-order valence-corrected chi connectivity index (χ3v) is 5.83. The molecule has 0 bridgehead atoms. The lowest BCUT2D eigenvalue weighted by atomic mass is 10.1. The van der Waals surface area contributed by atoms with E-state index in [0.29, 0.717) is 11.4 Å². The molecule has 0 fully saturated rings. The summed E-state index contributed by atoms with van der Waals surface area (Å²) in [7, 11) is 1.76. The van der Waals surface area contributed by atoms with E-state index < -0.39 is 12.0 Å². The zero-order valence-corrected chi connectivity index (χ0v) is 19.4. The number of benzene rings is 1. The molecule has 0 saturated heterocycles. The van der Waals surface area contributed by atoms with Crippen molar-refractivity contribution < 1.29 is 19.1 Å². The summed E-state index contributed by atoms with van der Waals surface area (Å²) in [6.07, 6.45) is 4.78. The molecule has 3 heterocycles. The Morgan fingerprint density at radius 3 is 2.85 bits per heavy atom. The first-order valence-electron chi connectivity index (χ1n) is 11.1. The Hall–Kier alpha value is -4.14. The van der Waals surface area contributed by atoms with Crippen molar-refractivity contribution in [2.75, 3.05) is 25.5 Å². The number of esters is 1. The second kappa shape index (κ2) is 9.78. The van der Waals surface area contributed by atoms with Gasteiger partial charge in [0.15, 0.2) is 0 Å². The summed E-state index contributed by atoms with van der Waals surface area (Å²) in [5.41, 5.74) is 3.45. The molecule has 9 heteroatoms. The minimum atomic E-state index is -0.470. The lowest BCUT2D eigenvalue weighted by molar-refractivity contribution is -0.143.